The van der Waals surface area contributed by atoms with Crippen LogP contribution in [0.15, 0.2) is 24.5 Å². The van der Waals surface area contributed by atoms with Gasteiger partial charge in [-0.05, 0) is 18.6 Å². The van der Waals surface area contributed by atoms with E-state index in [1.54, 1.807) is 6.92 Å². The average Bonchev–Trinajstić information content (AvgIpc) is 2.36. The third-order valence-corrected chi connectivity index (χ3v) is 2.30. The number of nitriles is 1. The van der Waals surface area contributed by atoms with E-state index in [2.05, 4.69) is 9.97 Å². The molecule has 0 bridgehead atoms. The summed E-state index contributed by atoms with van der Waals surface area (Å²) in [5.41, 5.74) is 6.56. The molecule has 0 atom stereocenters. The number of halogens is 1. The summed E-state index contributed by atoms with van der Waals surface area (Å²) in [5, 5.41) is 8.82. The van der Waals surface area contributed by atoms with Crippen molar-refractivity contribution in [3.05, 3.63) is 41.6 Å². The molecule has 0 aliphatic heterocycles. The number of hydrogen-bond donors (Lipinski definition) is 1. The summed E-state index contributed by atoms with van der Waals surface area (Å²) in [6.45, 7) is 1.73. The largest absolute Gasteiger partial charge is 0.433 e. The molecule has 0 aliphatic rings. The van der Waals surface area contributed by atoms with E-state index in [-0.39, 0.29) is 17.3 Å². The van der Waals surface area contributed by atoms with Gasteiger partial charge >= 0.3 is 0 Å². The Morgan fingerprint density at radius 2 is 2.06 bits per heavy atom. The highest BCUT2D eigenvalue weighted by molar-refractivity contribution is 5.51. The predicted molar refractivity (Wildman–Crippen MR) is 62.4 cm³/mol. The number of nitrogens with two attached hydrogens (primary N) is 1. The molecule has 0 fully saturated rings. The molecule has 1 heterocycles. The molecule has 0 saturated carbocycles. The highest BCUT2D eigenvalue weighted by Gasteiger charge is 2.12. The van der Waals surface area contributed by atoms with Crippen molar-refractivity contribution in [2.45, 2.75) is 6.92 Å². The third-order valence-electron chi connectivity index (χ3n) is 2.30. The molecule has 0 unspecified atom stereocenters. The van der Waals surface area contributed by atoms with Crippen molar-refractivity contribution in [2.24, 2.45) is 0 Å². The smallest absolute Gasteiger partial charge is 0.256 e. The van der Waals surface area contributed by atoms with E-state index in [9.17, 15) is 4.39 Å². The van der Waals surface area contributed by atoms with E-state index in [0.717, 1.165) is 6.07 Å². The average molecular weight is 244 g/mol. The molecular weight excluding hydrogens is 235 g/mol. The minimum atomic E-state index is -0.618. The number of benzene rings is 1. The number of hydrogen-bond acceptors (Lipinski definition) is 5. The van der Waals surface area contributed by atoms with Gasteiger partial charge in [0.25, 0.3) is 5.88 Å². The van der Waals surface area contributed by atoms with Crippen molar-refractivity contribution >= 4 is 5.69 Å². The van der Waals surface area contributed by atoms with E-state index >= 15 is 0 Å². The van der Waals surface area contributed by atoms with E-state index in [1.807, 2.05) is 6.07 Å². The van der Waals surface area contributed by atoms with Crippen LogP contribution in [-0.2, 0) is 0 Å². The van der Waals surface area contributed by atoms with Crippen molar-refractivity contribution in [1.29, 1.82) is 5.26 Å². The molecule has 2 N–H and O–H groups in total. The molecule has 18 heavy (non-hydrogen) atoms. The van der Waals surface area contributed by atoms with Gasteiger partial charge in [0, 0.05) is 24.1 Å². The molecule has 0 saturated heterocycles. The third kappa shape index (κ3) is 2.20. The maximum atomic E-state index is 13.6. The number of aromatic nitrogens is 2. The van der Waals surface area contributed by atoms with Gasteiger partial charge in [0.05, 0.1) is 0 Å². The van der Waals surface area contributed by atoms with Crippen molar-refractivity contribution in [3.8, 4) is 17.7 Å². The van der Waals surface area contributed by atoms with Crippen LogP contribution in [0.5, 0.6) is 11.6 Å². The number of anilines is 1. The predicted octanol–water partition coefficient (Wildman–Crippen LogP) is 2.17. The molecule has 1 aromatic heterocycles. The molecule has 0 spiro atoms. The summed E-state index contributed by atoms with van der Waals surface area (Å²) in [6, 6.07) is 4.42. The Kier molecular flexibility index (Phi) is 3.06. The summed E-state index contributed by atoms with van der Waals surface area (Å²) in [6.07, 6.45) is 2.72. The highest BCUT2D eigenvalue weighted by Crippen LogP contribution is 2.28. The van der Waals surface area contributed by atoms with Crippen LogP contribution in [0, 0.1) is 24.1 Å². The topological polar surface area (TPSA) is 84.8 Å². The summed E-state index contributed by atoms with van der Waals surface area (Å²) in [4.78, 5) is 7.60. The molecule has 2 aromatic rings. The molecule has 0 amide bonds. The second-order valence-electron chi connectivity index (χ2n) is 3.56. The first kappa shape index (κ1) is 11.8. The first-order valence-corrected chi connectivity index (χ1v) is 5.06. The Labute approximate surface area is 103 Å². The van der Waals surface area contributed by atoms with Crippen molar-refractivity contribution in [2.75, 3.05) is 5.73 Å². The fourth-order valence-electron chi connectivity index (χ4n) is 1.33. The second kappa shape index (κ2) is 4.67. The maximum absolute atomic E-state index is 13.6. The fraction of sp³-hybridized carbons (Fsp3) is 0.0833. The van der Waals surface area contributed by atoms with Crippen molar-refractivity contribution < 1.29 is 9.13 Å². The van der Waals surface area contributed by atoms with Gasteiger partial charge in [-0.2, -0.15) is 5.26 Å². The summed E-state index contributed by atoms with van der Waals surface area (Å²) >= 11 is 0. The first-order chi connectivity index (χ1) is 8.61. The Balaban J connectivity index is 2.41. The van der Waals surface area contributed by atoms with Crippen LogP contribution < -0.4 is 10.5 Å². The van der Waals surface area contributed by atoms with Crippen LogP contribution in [0.1, 0.15) is 11.3 Å². The number of aryl methyl sites for hydroxylation is 1. The van der Waals surface area contributed by atoms with Crippen LogP contribution in [0.2, 0.25) is 0 Å². The molecule has 0 aliphatic carbocycles. The molecule has 1 aromatic carbocycles. The van der Waals surface area contributed by atoms with Crippen LogP contribution in [0.25, 0.3) is 0 Å². The molecule has 5 nitrogen and oxygen atoms in total. The fourth-order valence-corrected chi connectivity index (χ4v) is 1.33. The van der Waals surface area contributed by atoms with Crippen LogP contribution in [0.3, 0.4) is 0 Å². The van der Waals surface area contributed by atoms with Crippen molar-refractivity contribution in [1.82, 2.24) is 9.97 Å². The van der Waals surface area contributed by atoms with E-state index in [0.29, 0.717) is 11.3 Å². The Hall–Kier alpha value is -2.68. The van der Waals surface area contributed by atoms with Gasteiger partial charge in [0.2, 0.25) is 5.69 Å². The van der Waals surface area contributed by atoms with Crippen molar-refractivity contribution in [3.63, 3.8) is 0 Å². The number of rotatable bonds is 2. The minimum absolute atomic E-state index is 0.00798. The SMILES string of the molecule is Cc1cc(Oc2nccnc2C#N)c(F)cc1N. The zero-order valence-electron chi connectivity index (χ0n) is 9.51. The van der Waals surface area contributed by atoms with Gasteiger partial charge < -0.3 is 10.5 Å². The first-order valence-electron chi connectivity index (χ1n) is 5.06. The molecule has 0 radical (unpaired) electrons. The van der Waals surface area contributed by atoms with Gasteiger partial charge in [-0.3, -0.25) is 0 Å². The van der Waals surface area contributed by atoms with Gasteiger partial charge in [-0.15, -0.1) is 0 Å². The van der Waals surface area contributed by atoms with Crippen LogP contribution in [-0.4, -0.2) is 9.97 Å². The number of ether oxygens (including phenoxy) is 1. The zero-order valence-corrected chi connectivity index (χ0v) is 9.51. The lowest BCUT2D eigenvalue weighted by atomic mass is 10.2. The normalized spacial score (nSPS) is 9.83. The summed E-state index contributed by atoms with van der Waals surface area (Å²) < 4.78 is 18.9. The highest BCUT2D eigenvalue weighted by atomic mass is 19.1. The van der Waals surface area contributed by atoms with Gasteiger partial charge in [-0.25, -0.2) is 14.4 Å². The zero-order chi connectivity index (χ0) is 13.1. The molecule has 2 rings (SSSR count). The van der Waals surface area contributed by atoms with Crippen LogP contribution >= 0.6 is 0 Å². The molecule has 90 valence electrons. The molecule has 6 heteroatoms. The van der Waals surface area contributed by atoms with Crippen LogP contribution in [0.4, 0.5) is 10.1 Å². The molecular formula is C12H9FN4O. The lowest BCUT2D eigenvalue weighted by Gasteiger charge is -2.08. The summed E-state index contributed by atoms with van der Waals surface area (Å²) in [5.74, 6) is -0.700. The minimum Gasteiger partial charge on any atom is -0.433 e. The standard InChI is InChI=1S/C12H9FN4O/c1-7-4-11(8(13)5-9(7)15)18-12-10(6-14)16-2-3-17-12/h2-5H,15H2,1H3. The van der Waals surface area contributed by atoms with E-state index in [4.69, 9.17) is 15.7 Å². The Bertz CT molecular complexity index is 636. The van der Waals surface area contributed by atoms with Gasteiger partial charge in [0.15, 0.2) is 11.6 Å². The van der Waals surface area contributed by atoms with E-state index < -0.39 is 5.82 Å². The second-order valence-corrected chi connectivity index (χ2v) is 3.56. The quantitative estimate of drug-likeness (QED) is 0.818. The Morgan fingerprint density at radius 1 is 1.33 bits per heavy atom. The lowest BCUT2D eigenvalue weighted by Crippen LogP contribution is -1.98. The number of nitrogen functional groups attached to an aromatic ring is 1. The lowest BCUT2D eigenvalue weighted by molar-refractivity contribution is 0.424. The number of nitrogens with zero attached hydrogens (tertiary/aromatic N) is 3. The monoisotopic (exact) mass is 244 g/mol. The Morgan fingerprint density at radius 3 is 2.78 bits per heavy atom. The summed E-state index contributed by atoms with van der Waals surface area (Å²) in [7, 11) is 0. The van der Waals surface area contributed by atoms with Gasteiger partial charge in [0.1, 0.15) is 6.07 Å². The maximum Gasteiger partial charge on any atom is 0.256 e. The van der Waals surface area contributed by atoms with E-state index in [1.165, 1.54) is 18.5 Å². The van der Waals surface area contributed by atoms with Gasteiger partial charge in [-0.1, -0.05) is 0 Å².